The van der Waals surface area contributed by atoms with Gasteiger partial charge in [-0.3, -0.25) is 0 Å². The molecule has 0 unspecified atom stereocenters. The fraction of sp³-hybridized carbons (Fsp3) is 0.105. The van der Waals surface area contributed by atoms with E-state index in [2.05, 4.69) is 46.4 Å². The van der Waals surface area contributed by atoms with Crippen molar-refractivity contribution in [3.63, 3.8) is 0 Å². The van der Waals surface area contributed by atoms with Crippen LogP contribution in [0.25, 0.3) is 16.7 Å². The van der Waals surface area contributed by atoms with Crippen molar-refractivity contribution in [2.45, 2.75) is 13.8 Å². The Morgan fingerprint density at radius 2 is 1.88 bits per heavy atom. The lowest BCUT2D eigenvalue weighted by molar-refractivity contribution is 0.893. The van der Waals surface area contributed by atoms with Crippen molar-refractivity contribution in [2.75, 3.05) is 11.1 Å². The molecule has 4 aromatic rings. The lowest BCUT2D eigenvalue weighted by Crippen LogP contribution is -2.00. The Morgan fingerprint density at radius 1 is 1.00 bits per heavy atom. The monoisotopic (exact) mass is 330 g/mol. The molecule has 0 atom stereocenters. The van der Waals surface area contributed by atoms with Crippen molar-refractivity contribution in [3.05, 3.63) is 66.1 Å². The van der Waals surface area contributed by atoms with Crippen LogP contribution in [0.15, 0.2) is 55.0 Å². The molecule has 2 heterocycles. The van der Waals surface area contributed by atoms with Crippen LogP contribution in [-0.4, -0.2) is 19.7 Å². The smallest absolute Gasteiger partial charge is 0.168 e. The van der Waals surface area contributed by atoms with E-state index in [9.17, 15) is 0 Å². The molecule has 0 fully saturated rings. The number of benzene rings is 2. The second-order valence-electron chi connectivity index (χ2n) is 6.03. The third-order valence-electron chi connectivity index (χ3n) is 4.25. The second-order valence-corrected chi connectivity index (χ2v) is 6.03. The molecule has 4 rings (SSSR count). The van der Waals surface area contributed by atoms with Crippen LogP contribution in [0.2, 0.25) is 0 Å². The highest BCUT2D eigenvalue weighted by Gasteiger charge is 2.12. The van der Waals surface area contributed by atoms with Crippen molar-refractivity contribution in [2.24, 2.45) is 0 Å². The van der Waals surface area contributed by atoms with E-state index in [0.717, 1.165) is 22.4 Å². The van der Waals surface area contributed by atoms with E-state index in [1.54, 1.807) is 6.20 Å². The molecule has 0 aliphatic carbocycles. The van der Waals surface area contributed by atoms with Crippen LogP contribution in [0, 0.1) is 13.8 Å². The van der Waals surface area contributed by atoms with E-state index in [-0.39, 0.29) is 0 Å². The van der Waals surface area contributed by atoms with E-state index < -0.39 is 0 Å². The molecule has 6 heteroatoms. The third-order valence-corrected chi connectivity index (χ3v) is 4.25. The summed E-state index contributed by atoms with van der Waals surface area (Å²) in [6.07, 6.45) is 3.31. The molecule has 0 amide bonds. The molecule has 0 saturated heterocycles. The van der Waals surface area contributed by atoms with Gasteiger partial charge >= 0.3 is 0 Å². The number of nitrogens with one attached hydrogen (secondary N) is 1. The Hall–Kier alpha value is -3.41. The third kappa shape index (κ3) is 2.78. The van der Waals surface area contributed by atoms with Gasteiger partial charge in [-0.15, -0.1) is 0 Å². The van der Waals surface area contributed by atoms with Gasteiger partial charge in [-0.2, -0.15) is 5.10 Å². The summed E-state index contributed by atoms with van der Waals surface area (Å²) in [6, 6.07) is 13.8. The first-order valence-corrected chi connectivity index (χ1v) is 8.01. The molecular weight excluding hydrogens is 312 g/mol. The lowest BCUT2D eigenvalue weighted by Gasteiger charge is -2.08. The fourth-order valence-electron chi connectivity index (χ4n) is 2.74. The maximum absolute atomic E-state index is 5.84. The number of rotatable bonds is 3. The van der Waals surface area contributed by atoms with Crippen LogP contribution in [0.5, 0.6) is 0 Å². The van der Waals surface area contributed by atoms with Crippen LogP contribution in [0.3, 0.4) is 0 Å². The van der Waals surface area contributed by atoms with Gasteiger partial charge in [-0.1, -0.05) is 12.1 Å². The predicted molar refractivity (Wildman–Crippen MR) is 100 cm³/mol. The number of nitrogens with zero attached hydrogens (tertiary/aromatic N) is 4. The van der Waals surface area contributed by atoms with Gasteiger partial charge in [0.1, 0.15) is 12.1 Å². The molecule has 0 spiro atoms. The van der Waals surface area contributed by atoms with Crippen LogP contribution < -0.4 is 11.1 Å². The Labute approximate surface area is 145 Å². The highest BCUT2D eigenvalue weighted by atomic mass is 15.3. The van der Waals surface area contributed by atoms with Crippen LogP contribution in [-0.2, 0) is 0 Å². The van der Waals surface area contributed by atoms with Crippen LogP contribution in [0.4, 0.5) is 17.2 Å². The summed E-state index contributed by atoms with van der Waals surface area (Å²) in [6.45, 7) is 4.18. The summed E-state index contributed by atoms with van der Waals surface area (Å²) in [7, 11) is 0. The van der Waals surface area contributed by atoms with E-state index >= 15 is 0 Å². The van der Waals surface area contributed by atoms with Gasteiger partial charge < -0.3 is 11.1 Å². The Bertz CT molecular complexity index is 1070. The lowest BCUT2D eigenvalue weighted by atomic mass is 10.1. The number of anilines is 3. The van der Waals surface area contributed by atoms with Crippen molar-refractivity contribution in [1.29, 1.82) is 0 Å². The molecule has 6 nitrogen and oxygen atoms in total. The minimum Gasteiger partial charge on any atom is -0.399 e. The largest absolute Gasteiger partial charge is 0.399 e. The Morgan fingerprint density at radius 3 is 2.68 bits per heavy atom. The molecule has 3 N–H and O–H groups in total. The summed E-state index contributed by atoms with van der Waals surface area (Å²) in [5.41, 5.74) is 11.6. The first kappa shape index (κ1) is 15.1. The molecule has 0 aliphatic rings. The van der Waals surface area contributed by atoms with E-state index in [4.69, 9.17) is 5.73 Å². The zero-order valence-corrected chi connectivity index (χ0v) is 14.1. The van der Waals surface area contributed by atoms with Crippen LogP contribution >= 0.6 is 0 Å². The minimum atomic E-state index is 0.695. The highest BCUT2D eigenvalue weighted by molar-refractivity contribution is 5.89. The normalized spacial score (nSPS) is 11.0. The van der Waals surface area contributed by atoms with Gasteiger partial charge in [0.25, 0.3) is 0 Å². The zero-order chi connectivity index (χ0) is 17.4. The van der Waals surface area contributed by atoms with Crippen LogP contribution in [0.1, 0.15) is 11.1 Å². The van der Waals surface area contributed by atoms with E-state index in [1.807, 2.05) is 35.0 Å². The molecule has 0 saturated carbocycles. The summed E-state index contributed by atoms with van der Waals surface area (Å²) >= 11 is 0. The number of hydrogen-bond donors (Lipinski definition) is 2. The molecule has 2 aromatic heterocycles. The first-order valence-electron chi connectivity index (χ1n) is 8.01. The molecule has 0 bridgehead atoms. The number of hydrogen-bond acceptors (Lipinski definition) is 5. The van der Waals surface area contributed by atoms with E-state index in [1.165, 1.54) is 17.5 Å². The number of aryl methyl sites for hydroxylation is 2. The van der Waals surface area contributed by atoms with Crippen molar-refractivity contribution < 1.29 is 0 Å². The van der Waals surface area contributed by atoms with Gasteiger partial charge in [0, 0.05) is 11.4 Å². The van der Waals surface area contributed by atoms with Crippen molar-refractivity contribution in [3.8, 4) is 5.69 Å². The molecule has 0 aliphatic heterocycles. The van der Waals surface area contributed by atoms with Gasteiger partial charge in [-0.25, -0.2) is 14.6 Å². The summed E-state index contributed by atoms with van der Waals surface area (Å²) < 4.78 is 1.83. The molecular formula is C19H18N6. The fourth-order valence-corrected chi connectivity index (χ4v) is 2.74. The Kier molecular flexibility index (Phi) is 3.57. The van der Waals surface area contributed by atoms with E-state index in [0.29, 0.717) is 11.5 Å². The average molecular weight is 330 g/mol. The summed E-state index contributed by atoms with van der Waals surface area (Å²) in [5.74, 6) is 0.700. The molecule has 124 valence electrons. The number of nitrogens with two attached hydrogens (primary N) is 1. The van der Waals surface area contributed by atoms with Gasteiger partial charge in [0.05, 0.1) is 17.3 Å². The van der Waals surface area contributed by atoms with Gasteiger partial charge in [-0.05, 0) is 55.3 Å². The van der Waals surface area contributed by atoms with Crippen molar-refractivity contribution >= 4 is 28.2 Å². The number of aromatic nitrogens is 4. The average Bonchev–Trinajstić information content (AvgIpc) is 3.03. The summed E-state index contributed by atoms with van der Waals surface area (Å²) in [4.78, 5) is 8.77. The molecule has 2 aromatic carbocycles. The molecule has 0 radical (unpaired) electrons. The second kappa shape index (κ2) is 5.90. The zero-order valence-electron chi connectivity index (χ0n) is 14.1. The number of nitrogen functional groups attached to an aromatic ring is 1. The maximum Gasteiger partial charge on any atom is 0.168 e. The quantitative estimate of drug-likeness (QED) is 0.559. The minimum absolute atomic E-state index is 0.695. The molecule has 25 heavy (non-hydrogen) atoms. The van der Waals surface area contributed by atoms with Gasteiger partial charge in [0.2, 0.25) is 0 Å². The SMILES string of the molecule is Cc1ccc(-n2ncc3c(Nc4cccc(N)c4)ncnc32)cc1C. The topological polar surface area (TPSA) is 81.7 Å². The van der Waals surface area contributed by atoms with Crippen molar-refractivity contribution in [1.82, 2.24) is 19.7 Å². The maximum atomic E-state index is 5.84. The predicted octanol–water partition coefficient (Wildman–Crippen LogP) is 3.76. The highest BCUT2D eigenvalue weighted by Crippen LogP contribution is 2.25. The standard InChI is InChI=1S/C19H18N6/c1-12-6-7-16(8-13(12)2)25-19-17(10-23-25)18(21-11-22-19)24-15-5-3-4-14(20)9-15/h3-11H,20H2,1-2H3,(H,21,22,24). The Balaban J connectivity index is 1.79. The first-order chi connectivity index (χ1) is 12.1. The van der Waals surface area contributed by atoms with Gasteiger partial charge in [0.15, 0.2) is 5.65 Å². The summed E-state index contributed by atoms with van der Waals surface area (Å²) in [5, 5.41) is 8.64. The number of fused-ring (bicyclic) bond motifs is 1.